The number of aryl methyl sites for hydroxylation is 4. The van der Waals surface area contributed by atoms with Gasteiger partial charge in [0.2, 0.25) is 17.2 Å². The van der Waals surface area contributed by atoms with E-state index in [4.69, 9.17) is 61.2 Å². The normalized spacial score (nSPS) is 12.0. The minimum atomic E-state index is -4.35. The van der Waals surface area contributed by atoms with Crippen molar-refractivity contribution < 1.29 is 162 Å². The number of ketones is 2. The zero-order valence-electron chi connectivity index (χ0n) is 76.3. The van der Waals surface area contributed by atoms with Crippen molar-refractivity contribution >= 4 is 94.2 Å². The fraction of sp³-hybridized carbons (Fsp3) is 0.619. The maximum atomic E-state index is 13.6. The molecule has 0 aliphatic carbocycles. The minimum absolute atomic E-state index is 0.00467. The van der Waals surface area contributed by atoms with Crippen LogP contribution in [0, 0.1) is 0 Å². The van der Waals surface area contributed by atoms with Gasteiger partial charge in [-0.1, -0.05) is 63.8 Å². The van der Waals surface area contributed by atoms with Crippen LogP contribution in [0.2, 0.25) is 0 Å². The van der Waals surface area contributed by atoms with Crippen molar-refractivity contribution in [2.75, 3.05) is 126 Å². The number of rotatable bonds is 74. The van der Waals surface area contributed by atoms with E-state index in [2.05, 4.69) is 31.3 Å². The van der Waals surface area contributed by atoms with E-state index in [0.29, 0.717) is 121 Å². The molecule has 6 aromatic rings. The maximum absolute atomic E-state index is 13.6. The summed E-state index contributed by atoms with van der Waals surface area (Å²) >= 11 is 0. The highest BCUT2D eigenvalue weighted by molar-refractivity contribution is 7.87. The summed E-state index contributed by atoms with van der Waals surface area (Å²) in [5.74, 6) is -3.96. The molecule has 0 aliphatic rings. The van der Waals surface area contributed by atoms with Crippen LogP contribution in [0.4, 0.5) is 0 Å². The quantitative estimate of drug-likeness (QED) is 0.00973. The number of benzene rings is 4. The van der Waals surface area contributed by atoms with Crippen LogP contribution in [0.3, 0.4) is 0 Å². The molecular weight excluding hydrogens is 1920 g/mol. The first-order valence-electron chi connectivity index (χ1n) is 44.5. The number of carbonyl (C=O) groups excluding carboxylic acids is 4. The van der Waals surface area contributed by atoms with Crippen LogP contribution in [-0.2, 0) is 96.8 Å². The van der Waals surface area contributed by atoms with Crippen LogP contribution in [0.25, 0.3) is 0 Å². The molecule has 4 aromatic carbocycles. The molecule has 0 aliphatic heterocycles. The molecule has 2 heterocycles. The highest BCUT2D eigenvalue weighted by Crippen LogP contribution is 2.43. The second-order valence-electron chi connectivity index (χ2n) is 31.1. The molecule has 0 spiro atoms. The standard InChI is InChI=1S/C63H93N7O26S5.C21H35NO10S2/c1-3-5-21-55(71)48-39-53(89-27-11-8-19-51-46-69(67-65-51)24-10-7-22-56(72)49-41-57(91-26-6-4-2)61(95-32-17-37-100(83,84)85)58(42-49)92-29-14-34-97(74,75)76)45-54(40-48)90-28-12-9-20-52-47-70(68-66-52)25-13-23-64-63(73)50-43-59(93-30-15-35-98(77,78)79)62(96-33-18-38-101(86,87)88)60(44-50)94-31-16-36-99(80,81)82;1-3-5-9-22-21(23)17-15-18(30-11-7-13-33(24,25)26)20(32-10-6-4-2)19(16-17)31-12-8-14-34(27,28)29/h39-47H,3-38H2,1-2H3,(H,64,73)(H,74,75,76)(H,77,78,79)(H,80,81,82)(H,83,84,85)(H,86,87,88);15-16H,3-14H2,1-2H3,(H,22,23)(H,24,25,26)(H,27,28,29). The number of hydrogen-bond acceptors (Lipinski definition) is 33. The molecule has 0 atom stereocenters. The molecule has 762 valence electrons. The van der Waals surface area contributed by atoms with Crippen molar-refractivity contribution in [1.82, 2.24) is 40.6 Å². The Morgan fingerprint density at radius 2 is 0.556 bits per heavy atom. The molecule has 0 saturated carbocycles. The Labute approximate surface area is 789 Å². The fourth-order valence-electron chi connectivity index (χ4n) is 12.2. The van der Waals surface area contributed by atoms with Crippen molar-refractivity contribution in [3.63, 3.8) is 0 Å². The van der Waals surface area contributed by atoms with Crippen LogP contribution in [0.5, 0.6) is 63.2 Å². The lowest BCUT2D eigenvalue weighted by molar-refractivity contribution is 0.0943. The van der Waals surface area contributed by atoms with Gasteiger partial charge in [-0.25, -0.2) is 0 Å². The first-order chi connectivity index (χ1) is 63.8. The minimum Gasteiger partial charge on any atom is -0.493 e. The lowest BCUT2D eigenvalue weighted by atomic mass is 10.0. The fourth-order valence-corrected chi connectivity index (χ4v) is 15.6. The van der Waals surface area contributed by atoms with Gasteiger partial charge >= 0.3 is 0 Å². The van der Waals surface area contributed by atoms with Gasteiger partial charge in [-0.05, 0) is 177 Å². The van der Waals surface area contributed by atoms with Crippen LogP contribution in [-0.4, -0.2) is 270 Å². The Morgan fingerprint density at radius 1 is 0.289 bits per heavy atom. The lowest BCUT2D eigenvalue weighted by Gasteiger charge is -2.18. The Balaban J connectivity index is 0.000000793. The summed E-state index contributed by atoms with van der Waals surface area (Å²) in [5, 5.41) is 22.6. The first-order valence-corrected chi connectivity index (χ1v) is 55.8. The Morgan fingerprint density at radius 3 is 0.874 bits per heavy atom. The topological polar surface area (TPSA) is 636 Å². The number of hydrogen-bond donors (Lipinski definition) is 9. The average molecular weight is 2050 g/mol. The summed E-state index contributed by atoms with van der Waals surface area (Å²) in [7, 11) is -29.9. The summed E-state index contributed by atoms with van der Waals surface area (Å²) in [6, 6.07) is 13.6. The summed E-state index contributed by atoms with van der Waals surface area (Å²) < 4.78 is 289. The van der Waals surface area contributed by atoms with Gasteiger partial charge in [0, 0.05) is 79.7 Å². The van der Waals surface area contributed by atoms with Gasteiger partial charge in [0.15, 0.2) is 46.1 Å². The van der Waals surface area contributed by atoms with E-state index in [-0.39, 0.29) is 197 Å². The van der Waals surface area contributed by atoms with Crippen molar-refractivity contribution in [3.05, 3.63) is 101 Å². The number of amides is 2. The van der Waals surface area contributed by atoms with Gasteiger partial charge < -0.3 is 62.7 Å². The van der Waals surface area contributed by atoms with Gasteiger partial charge in [0.05, 0.1) is 124 Å². The van der Waals surface area contributed by atoms with E-state index in [1.54, 1.807) is 33.8 Å². The molecule has 2 aromatic heterocycles. The van der Waals surface area contributed by atoms with Gasteiger partial charge in [0.25, 0.3) is 82.6 Å². The highest BCUT2D eigenvalue weighted by atomic mass is 32.2. The third-order valence-corrected chi connectivity index (χ3v) is 24.7. The molecule has 135 heavy (non-hydrogen) atoms. The van der Waals surface area contributed by atoms with E-state index < -0.39 is 117 Å². The number of nitrogens with zero attached hydrogens (tertiary/aromatic N) is 6. The lowest BCUT2D eigenvalue weighted by Crippen LogP contribution is -2.25. The number of nitrogens with one attached hydrogen (secondary N) is 2. The largest absolute Gasteiger partial charge is 0.493 e. The molecular formula is C84H128N8O36S7. The van der Waals surface area contributed by atoms with Gasteiger partial charge in [-0.15, -0.1) is 10.2 Å². The Bertz CT molecular complexity index is 5410. The van der Waals surface area contributed by atoms with E-state index >= 15 is 0 Å². The number of ether oxygens (including phenoxy) is 11. The average Bonchev–Trinajstić information content (AvgIpc) is 1.47. The Kier molecular flexibility index (Phi) is 51.9. The predicted molar refractivity (Wildman–Crippen MR) is 495 cm³/mol. The molecule has 0 radical (unpaired) electrons. The monoisotopic (exact) mass is 2050 g/mol. The molecule has 0 bridgehead atoms. The maximum Gasteiger partial charge on any atom is 0.264 e. The molecule has 0 saturated heterocycles. The summed E-state index contributed by atoms with van der Waals surface area (Å²) in [6.45, 7) is 9.34. The smallest absolute Gasteiger partial charge is 0.264 e. The zero-order chi connectivity index (χ0) is 99.5. The highest BCUT2D eigenvalue weighted by Gasteiger charge is 2.26. The van der Waals surface area contributed by atoms with Crippen molar-refractivity contribution in [1.29, 1.82) is 0 Å². The second-order valence-corrected chi connectivity index (χ2v) is 42.1. The summed E-state index contributed by atoms with van der Waals surface area (Å²) in [4.78, 5) is 52.9. The Hall–Kier alpha value is -9.39. The molecule has 6 rings (SSSR count). The van der Waals surface area contributed by atoms with Gasteiger partial charge in [0.1, 0.15) is 11.5 Å². The van der Waals surface area contributed by atoms with Crippen molar-refractivity contribution in [2.45, 2.75) is 208 Å². The third-order valence-electron chi connectivity index (χ3n) is 19.0. The number of unbranched alkanes of at least 4 members (excludes halogenated alkanes) is 7. The van der Waals surface area contributed by atoms with Gasteiger partial charge in [-0.3, -0.25) is 60.4 Å². The number of aromatic nitrogens is 6. The third kappa shape index (κ3) is 52.1. The number of carbonyl (C=O) groups is 4. The predicted octanol–water partition coefficient (Wildman–Crippen LogP) is 10.1. The molecule has 9 N–H and O–H groups in total. The summed E-state index contributed by atoms with van der Waals surface area (Å²) in [5.41, 5.74) is 2.43. The van der Waals surface area contributed by atoms with Crippen LogP contribution >= 0.6 is 0 Å². The van der Waals surface area contributed by atoms with E-state index in [9.17, 15) is 101 Å². The van der Waals surface area contributed by atoms with Crippen molar-refractivity contribution in [2.24, 2.45) is 0 Å². The SMILES string of the molecule is CCCCNC(=O)c1cc(OCCCS(=O)(=O)O)c(OCCCC)c(OCCCS(=O)(=O)O)c1.CCCCOc1cc(C(=O)CCCCn2cc(CCCCOc3cc(OCCCCc4cn(CCCNC(=O)c5cc(OCCCS(=O)(=O)O)c(OCCCS(=O)(=O)O)c(OCCCS(=O)(=O)O)c5)nn4)cc(C(=O)CCCC)c3)nn2)cc(OCCCS(=O)(=O)O)c1OCCCS(=O)(=O)O. The molecule has 44 nitrogen and oxygen atoms in total. The van der Waals surface area contributed by atoms with E-state index in [0.717, 1.165) is 62.8 Å². The zero-order valence-corrected chi connectivity index (χ0v) is 82.0. The summed E-state index contributed by atoms with van der Waals surface area (Å²) in [6.07, 6.45) is 15.2. The number of Topliss-reactive ketones (excluding diaryl/α,β-unsaturated/α-hetero) is 2. The van der Waals surface area contributed by atoms with Crippen LogP contribution < -0.4 is 62.7 Å². The second kappa shape index (κ2) is 60.4. The van der Waals surface area contributed by atoms with Crippen LogP contribution in [0.1, 0.15) is 235 Å². The molecule has 0 unspecified atom stereocenters. The van der Waals surface area contributed by atoms with Gasteiger partial charge in [-0.2, -0.15) is 58.9 Å². The molecule has 0 fully saturated rings. The van der Waals surface area contributed by atoms with E-state index in [1.165, 1.54) is 36.4 Å². The van der Waals surface area contributed by atoms with Crippen molar-refractivity contribution in [3.8, 4) is 63.2 Å². The first kappa shape index (κ1) is 116. The molecule has 2 amide bonds. The van der Waals surface area contributed by atoms with Crippen LogP contribution in [0.15, 0.2) is 67.0 Å². The molecule has 51 heteroatoms. The van der Waals surface area contributed by atoms with E-state index in [1.807, 2.05) is 33.9 Å².